The van der Waals surface area contributed by atoms with E-state index in [1.54, 1.807) is 0 Å². The average Bonchev–Trinajstić information content (AvgIpc) is 1.53. The molecule has 0 fully saturated rings. The molecule has 98 heavy (non-hydrogen) atoms. The molecule has 0 heterocycles. The van der Waals surface area contributed by atoms with E-state index in [0.29, 0.717) is 25.7 Å². The molecule has 0 aromatic heterocycles. The highest BCUT2D eigenvalue weighted by atomic mass is 31.2. The molecule has 0 aromatic rings. The number of hydrogen-bond acceptors (Lipinski definition) is 15. The third-order valence-electron chi connectivity index (χ3n) is 19.2. The van der Waals surface area contributed by atoms with Crippen molar-refractivity contribution < 1.29 is 80.2 Å². The molecule has 17 nitrogen and oxygen atoms in total. The fourth-order valence-electron chi connectivity index (χ4n) is 12.1. The van der Waals surface area contributed by atoms with Crippen LogP contribution < -0.4 is 0 Å². The second kappa shape index (κ2) is 70.7. The summed E-state index contributed by atoms with van der Waals surface area (Å²) in [5, 5.41) is 10.6. The normalized spacial score (nSPS) is 14.5. The molecule has 0 aromatic carbocycles. The summed E-state index contributed by atoms with van der Waals surface area (Å²) in [5.74, 6) is -0.666. The number of aliphatic hydroxyl groups excluding tert-OH is 1. The van der Waals surface area contributed by atoms with E-state index in [1.807, 2.05) is 0 Å². The molecule has 0 aliphatic heterocycles. The third kappa shape index (κ3) is 69.8. The van der Waals surface area contributed by atoms with E-state index in [0.717, 1.165) is 108 Å². The van der Waals surface area contributed by atoms with Crippen molar-refractivity contribution in [1.82, 2.24) is 0 Å². The summed E-state index contributed by atoms with van der Waals surface area (Å²) in [4.78, 5) is 72.9. The highest BCUT2D eigenvalue weighted by Gasteiger charge is 2.30. The molecule has 0 aliphatic carbocycles. The van der Waals surface area contributed by atoms with Crippen LogP contribution in [0.3, 0.4) is 0 Å². The van der Waals surface area contributed by atoms with Crippen LogP contribution in [0.15, 0.2) is 0 Å². The van der Waals surface area contributed by atoms with Crippen LogP contribution in [0.1, 0.15) is 414 Å². The van der Waals surface area contributed by atoms with Crippen molar-refractivity contribution in [1.29, 1.82) is 0 Å². The van der Waals surface area contributed by atoms with Crippen molar-refractivity contribution >= 4 is 39.5 Å². The molecule has 7 atom stereocenters. The van der Waals surface area contributed by atoms with Gasteiger partial charge in [-0.15, -0.1) is 0 Å². The molecule has 0 rings (SSSR count). The summed E-state index contributed by atoms with van der Waals surface area (Å²) in [6, 6.07) is 0. The average molecular weight is 1440 g/mol. The Kier molecular flexibility index (Phi) is 69.3. The zero-order valence-corrected chi connectivity index (χ0v) is 65.9. The van der Waals surface area contributed by atoms with Crippen LogP contribution in [-0.4, -0.2) is 96.7 Å². The molecule has 0 amide bonds. The van der Waals surface area contributed by atoms with E-state index >= 15 is 0 Å². The molecule has 0 saturated carbocycles. The van der Waals surface area contributed by atoms with Crippen molar-refractivity contribution in [3.05, 3.63) is 0 Å². The van der Waals surface area contributed by atoms with Crippen molar-refractivity contribution in [3.63, 3.8) is 0 Å². The van der Waals surface area contributed by atoms with E-state index in [-0.39, 0.29) is 25.7 Å². The van der Waals surface area contributed by atoms with E-state index in [2.05, 4.69) is 41.5 Å². The van der Waals surface area contributed by atoms with Gasteiger partial charge in [0.15, 0.2) is 12.2 Å². The van der Waals surface area contributed by atoms with E-state index < -0.39 is 97.5 Å². The van der Waals surface area contributed by atoms with Gasteiger partial charge in [0.05, 0.1) is 26.4 Å². The predicted octanol–water partition coefficient (Wildman–Crippen LogP) is 23.5. The minimum Gasteiger partial charge on any atom is -0.462 e. The van der Waals surface area contributed by atoms with Gasteiger partial charge in [-0.05, 0) is 37.5 Å². The van der Waals surface area contributed by atoms with Gasteiger partial charge >= 0.3 is 39.5 Å². The maximum absolute atomic E-state index is 13.1. The molecule has 4 unspecified atom stereocenters. The van der Waals surface area contributed by atoms with Crippen molar-refractivity contribution in [2.45, 2.75) is 432 Å². The summed E-state index contributed by atoms with van der Waals surface area (Å²) in [5.41, 5.74) is 0. The summed E-state index contributed by atoms with van der Waals surface area (Å²) in [7, 11) is -9.91. The first-order valence-electron chi connectivity index (χ1n) is 41.1. The van der Waals surface area contributed by atoms with E-state index in [4.69, 9.17) is 37.0 Å². The Morgan fingerprint density at radius 1 is 0.286 bits per heavy atom. The molecule has 0 bridgehead atoms. The second-order valence-corrected chi connectivity index (χ2v) is 31.8. The van der Waals surface area contributed by atoms with Crippen LogP contribution in [0, 0.1) is 11.8 Å². The quantitative estimate of drug-likeness (QED) is 0.0222. The number of rotatable bonds is 78. The molecule has 0 aliphatic rings. The number of esters is 4. The fourth-order valence-corrected chi connectivity index (χ4v) is 13.7. The molecule has 0 radical (unpaired) electrons. The van der Waals surface area contributed by atoms with Gasteiger partial charge in [0, 0.05) is 25.7 Å². The van der Waals surface area contributed by atoms with Gasteiger partial charge in [-0.3, -0.25) is 37.3 Å². The van der Waals surface area contributed by atoms with Gasteiger partial charge in [-0.25, -0.2) is 9.13 Å². The van der Waals surface area contributed by atoms with E-state index in [1.165, 1.54) is 225 Å². The first kappa shape index (κ1) is 96.1. The van der Waals surface area contributed by atoms with Crippen molar-refractivity contribution in [2.24, 2.45) is 11.8 Å². The Bertz CT molecular complexity index is 1890. The van der Waals surface area contributed by atoms with Crippen LogP contribution in [0.2, 0.25) is 0 Å². The number of carbonyl (C=O) groups is 4. The maximum atomic E-state index is 13.1. The Hall–Kier alpha value is -1.94. The lowest BCUT2D eigenvalue weighted by molar-refractivity contribution is -0.161. The molecular weight excluding hydrogens is 1280 g/mol. The number of aliphatic hydroxyl groups is 1. The van der Waals surface area contributed by atoms with Gasteiger partial charge < -0.3 is 33.8 Å². The number of unbranched alkanes of at least 4 members (excludes halogenated alkanes) is 46. The van der Waals surface area contributed by atoms with Crippen LogP contribution in [-0.2, 0) is 65.4 Å². The topological polar surface area (TPSA) is 237 Å². The third-order valence-corrected chi connectivity index (χ3v) is 21.1. The Labute approximate surface area is 600 Å². The first-order valence-corrected chi connectivity index (χ1v) is 44.1. The molecule has 0 spiro atoms. The summed E-state index contributed by atoms with van der Waals surface area (Å²) < 4.78 is 68.6. The number of phosphoric ester groups is 2. The van der Waals surface area contributed by atoms with Gasteiger partial charge in [-0.2, -0.15) is 0 Å². The van der Waals surface area contributed by atoms with Crippen LogP contribution in [0.25, 0.3) is 0 Å². The Morgan fingerprint density at radius 3 is 0.724 bits per heavy atom. The lowest BCUT2D eigenvalue weighted by atomic mass is 10.00. The Balaban J connectivity index is 5.21. The molecular formula is C79H154O17P2. The first-order chi connectivity index (χ1) is 47.4. The predicted molar refractivity (Wildman–Crippen MR) is 400 cm³/mol. The van der Waals surface area contributed by atoms with Gasteiger partial charge in [0.1, 0.15) is 19.3 Å². The SMILES string of the molecule is CCCCCCCCCCCCCCCCCCCCCC(=O)OC[C@H](COP(=O)(O)OC[C@@H](O)COP(=O)(O)OC[C@@H](COC(=O)CCCCCCCCC(C)CC)OC(=O)CCCCCCCCC(C)CC)OC(=O)CCCCCCCCCCCCCCCCCCCCC. The minimum absolute atomic E-state index is 0.102. The largest absolute Gasteiger partial charge is 0.472 e. The van der Waals surface area contributed by atoms with Gasteiger partial charge in [0.2, 0.25) is 0 Å². The fraction of sp³-hybridized carbons (Fsp3) is 0.949. The summed E-state index contributed by atoms with van der Waals surface area (Å²) >= 11 is 0. The minimum atomic E-state index is -4.96. The lowest BCUT2D eigenvalue weighted by Gasteiger charge is -2.21. The van der Waals surface area contributed by atoms with Crippen molar-refractivity contribution in [2.75, 3.05) is 39.6 Å². The number of ether oxygens (including phenoxy) is 4. The van der Waals surface area contributed by atoms with E-state index in [9.17, 15) is 43.2 Å². The number of phosphoric acid groups is 2. The molecule has 582 valence electrons. The smallest absolute Gasteiger partial charge is 0.462 e. The zero-order chi connectivity index (χ0) is 72.1. The maximum Gasteiger partial charge on any atom is 0.472 e. The second-order valence-electron chi connectivity index (χ2n) is 28.9. The molecule has 0 saturated heterocycles. The highest BCUT2D eigenvalue weighted by Crippen LogP contribution is 2.45. The lowest BCUT2D eigenvalue weighted by Crippen LogP contribution is -2.30. The summed E-state index contributed by atoms with van der Waals surface area (Å²) in [6.07, 6.45) is 59.9. The zero-order valence-electron chi connectivity index (χ0n) is 64.1. The van der Waals surface area contributed by atoms with Crippen LogP contribution in [0.4, 0.5) is 0 Å². The summed E-state index contributed by atoms with van der Waals surface area (Å²) in [6.45, 7) is 9.52. The van der Waals surface area contributed by atoms with Gasteiger partial charge in [0.25, 0.3) is 0 Å². The number of carbonyl (C=O) groups excluding carboxylic acids is 4. The molecule has 19 heteroatoms. The molecule has 3 N–H and O–H groups in total. The standard InChI is InChI=1S/C79H154O17P2/c1-7-11-13-15-17-19-21-23-25-27-29-31-33-35-37-39-41-49-55-61-76(81)89-67-74(95-78(83)63-57-51-42-40-38-36-34-32-30-28-26-24-22-20-18-16-14-12-8-2)69-93-97(85,86)91-65-73(80)66-92-98(87,88)94-70-75(96-79(84)64-58-52-46-44-48-54-60-72(6)10-4)68-90-77(82)62-56-50-45-43-47-53-59-71(5)9-3/h71-75,80H,7-70H2,1-6H3,(H,85,86)(H,87,88)/t71?,72?,73-,74-,75-/m1/s1. The highest BCUT2D eigenvalue weighted by molar-refractivity contribution is 7.47. The van der Waals surface area contributed by atoms with Crippen LogP contribution >= 0.6 is 15.6 Å². The van der Waals surface area contributed by atoms with Crippen LogP contribution in [0.5, 0.6) is 0 Å². The Morgan fingerprint density at radius 2 is 0.490 bits per heavy atom. The van der Waals surface area contributed by atoms with Gasteiger partial charge in [-0.1, -0.05) is 363 Å². The van der Waals surface area contributed by atoms with Crippen molar-refractivity contribution in [3.8, 4) is 0 Å². The number of hydrogen-bond donors (Lipinski definition) is 3. The monoisotopic (exact) mass is 1440 g/mol.